The lowest BCUT2D eigenvalue weighted by Gasteiger charge is -2.26. The minimum absolute atomic E-state index is 0. The summed E-state index contributed by atoms with van der Waals surface area (Å²) >= 11 is 0. The molecule has 0 rings (SSSR count). The van der Waals surface area contributed by atoms with Crippen LogP contribution in [-0.4, -0.2) is 0 Å². The van der Waals surface area contributed by atoms with Gasteiger partial charge < -0.3 is 0 Å². The first-order chi connectivity index (χ1) is 10.0. The quantitative estimate of drug-likeness (QED) is 0.470. The molecule has 0 aliphatic carbocycles. The Morgan fingerprint density at radius 3 is 0.478 bits per heavy atom. The molecule has 23 heavy (non-hydrogen) atoms. The maximum Gasteiger partial charge on any atom is -0.0391 e. The zero-order valence-electron chi connectivity index (χ0n) is 19.0. The van der Waals surface area contributed by atoms with E-state index in [-0.39, 0.29) is 7.43 Å². The molecule has 0 bridgehead atoms. The SMILES string of the molecule is C.CC.CC.CC(C)C(C)C(C)C.CC(C)C(C)C(C)C(C)C. The molecule has 0 aromatic heterocycles. The summed E-state index contributed by atoms with van der Waals surface area (Å²) in [7, 11) is 0. The Hall–Kier alpha value is 0. The van der Waals surface area contributed by atoms with Crippen molar-refractivity contribution in [1.82, 2.24) is 0 Å². The van der Waals surface area contributed by atoms with Gasteiger partial charge in [-0.05, 0) is 41.4 Å². The number of hydrogen-bond donors (Lipinski definition) is 0. The van der Waals surface area contributed by atoms with Crippen LogP contribution in [0, 0.1) is 41.4 Å². The first kappa shape index (κ1) is 34.4. The fourth-order valence-electron chi connectivity index (χ4n) is 1.98. The zero-order chi connectivity index (χ0) is 19.0. The Balaban J connectivity index is -0.0000000753. The molecule has 0 heterocycles. The molecule has 0 fully saturated rings. The summed E-state index contributed by atoms with van der Waals surface area (Å²) in [6.07, 6.45) is 0. The van der Waals surface area contributed by atoms with Crippen LogP contribution in [0.15, 0.2) is 0 Å². The molecule has 0 aromatic rings. The van der Waals surface area contributed by atoms with Crippen molar-refractivity contribution < 1.29 is 0 Å². The van der Waals surface area contributed by atoms with Crippen molar-refractivity contribution >= 4 is 0 Å². The lowest BCUT2D eigenvalue weighted by atomic mass is 9.80. The molecule has 0 N–H and O–H groups in total. The summed E-state index contributed by atoms with van der Waals surface area (Å²) < 4.78 is 0. The van der Waals surface area contributed by atoms with Gasteiger partial charge in [0.05, 0.1) is 0 Å². The molecule has 0 aromatic carbocycles. The van der Waals surface area contributed by atoms with Crippen molar-refractivity contribution in [1.29, 1.82) is 0 Å². The normalized spacial score (nSPS) is 12.5. The highest BCUT2D eigenvalue weighted by Crippen LogP contribution is 2.25. The Labute approximate surface area is 153 Å². The molecule has 0 spiro atoms. The molecule has 2 atom stereocenters. The third kappa shape index (κ3) is 22.0. The first-order valence-electron chi connectivity index (χ1n) is 10.0. The summed E-state index contributed by atoms with van der Waals surface area (Å²) in [5, 5.41) is 0. The highest BCUT2D eigenvalue weighted by Gasteiger charge is 2.17. The van der Waals surface area contributed by atoms with E-state index >= 15 is 0 Å². The van der Waals surface area contributed by atoms with Crippen molar-refractivity contribution in [2.24, 2.45) is 41.4 Å². The van der Waals surface area contributed by atoms with E-state index in [1.807, 2.05) is 27.7 Å². The Morgan fingerprint density at radius 1 is 0.304 bits per heavy atom. The van der Waals surface area contributed by atoms with Crippen molar-refractivity contribution in [2.45, 2.75) is 111 Å². The van der Waals surface area contributed by atoms with Gasteiger partial charge in [-0.15, -0.1) is 0 Å². The third-order valence-electron chi connectivity index (χ3n) is 5.04. The summed E-state index contributed by atoms with van der Waals surface area (Å²) in [6, 6.07) is 0. The maximum atomic E-state index is 2.36. The van der Waals surface area contributed by atoms with Crippen LogP contribution >= 0.6 is 0 Å². The maximum absolute atomic E-state index is 2.36. The second-order valence-corrected chi connectivity index (χ2v) is 7.55. The first-order valence-corrected chi connectivity index (χ1v) is 10.0. The van der Waals surface area contributed by atoms with Gasteiger partial charge in [0.25, 0.3) is 0 Å². The van der Waals surface area contributed by atoms with Gasteiger partial charge in [0.2, 0.25) is 0 Å². The molecule has 0 aliphatic heterocycles. The standard InChI is InChI=1S/C10H22.C8H18.2C2H6.CH4/c1-7(2)9(5)10(6)8(3)4;1-6(2)8(5)7(3)4;2*1-2;/h7-10H,1-6H3;6-8H,1-5H3;2*1-2H3;1H4. The molecule has 0 saturated carbocycles. The van der Waals surface area contributed by atoms with Crippen LogP contribution in [0.4, 0.5) is 0 Å². The summed E-state index contributed by atoms with van der Waals surface area (Å²) in [5.41, 5.74) is 0. The average molecular weight is 333 g/mol. The molecule has 0 amide bonds. The van der Waals surface area contributed by atoms with E-state index in [1.54, 1.807) is 0 Å². The Bertz CT molecular complexity index is 156. The van der Waals surface area contributed by atoms with Gasteiger partial charge in [-0.3, -0.25) is 0 Å². The molecule has 0 radical (unpaired) electrons. The van der Waals surface area contributed by atoms with E-state index in [0.717, 1.165) is 41.4 Å². The van der Waals surface area contributed by atoms with Crippen molar-refractivity contribution in [3.63, 3.8) is 0 Å². The van der Waals surface area contributed by atoms with Crippen LogP contribution in [0.5, 0.6) is 0 Å². The number of rotatable bonds is 5. The fraction of sp³-hybridized carbons (Fsp3) is 1.00. The van der Waals surface area contributed by atoms with Gasteiger partial charge in [-0.2, -0.15) is 0 Å². The summed E-state index contributed by atoms with van der Waals surface area (Å²) in [5.74, 6) is 5.94. The molecule has 0 heteroatoms. The lowest BCUT2D eigenvalue weighted by Crippen LogP contribution is -2.18. The van der Waals surface area contributed by atoms with Crippen LogP contribution in [0.25, 0.3) is 0 Å². The van der Waals surface area contributed by atoms with E-state index in [2.05, 4.69) is 76.2 Å². The van der Waals surface area contributed by atoms with Gasteiger partial charge in [-0.1, -0.05) is 111 Å². The Morgan fingerprint density at radius 2 is 0.435 bits per heavy atom. The van der Waals surface area contributed by atoms with Gasteiger partial charge in [0, 0.05) is 0 Å². The molecule has 148 valence electrons. The van der Waals surface area contributed by atoms with Crippen LogP contribution in [0.2, 0.25) is 0 Å². The highest BCUT2D eigenvalue weighted by molar-refractivity contribution is 4.67. The van der Waals surface area contributed by atoms with Crippen LogP contribution in [-0.2, 0) is 0 Å². The molecule has 0 saturated heterocycles. The molecule has 0 aliphatic rings. The van der Waals surface area contributed by atoms with Crippen LogP contribution < -0.4 is 0 Å². The number of hydrogen-bond acceptors (Lipinski definition) is 0. The van der Waals surface area contributed by atoms with Crippen molar-refractivity contribution in [3.8, 4) is 0 Å². The molecular weight excluding hydrogens is 276 g/mol. The van der Waals surface area contributed by atoms with E-state index in [0.29, 0.717) is 0 Å². The lowest BCUT2D eigenvalue weighted by molar-refractivity contribution is 0.235. The largest absolute Gasteiger partial charge is 0.0776 e. The average Bonchev–Trinajstić information content (AvgIpc) is 2.49. The monoisotopic (exact) mass is 332 g/mol. The minimum atomic E-state index is 0. The van der Waals surface area contributed by atoms with Gasteiger partial charge in [0.15, 0.2) is 0 Å². The molecule has 2 unspecified atom stereocenters. The second-order valence-electron chi connectivity index (χ2n) is 7.55. The van der Waals surface area contributed by atoms with Crippen LogP contribution in [0.1, 0.15) is 111 Å². The predicted octanol–water partition coefficient (Wildman–Crippen LogP) is 9.19. The molecular formula is C23H56. The van der Waals surface area contributed by atoms with E-state index < -0.39 is 0 Å². The topological polar surface area (TPSA) is 0 Å². The van der Waals surface area contributed by atoms with Crippen molar-refractivity contribution in [2.75, 3.05) is 0 Å². The highest BCUT2D eigenvalue weighted by atomic mass is 14.2. The van der Waals surface area contributed by atoms with Gasteiger partial charge in [0.1, 0.15) is 0 Å². The van der Waals surface area contributed by atoms with Gasteiger partial charge >= 0.3 is 0 Å². The summed E-state index contributed by atoms with van der Waals surface area (Å²) in [6.45, 7) is 33.4. The molecule has 0 nitrogen and oxygen atoms in total. The van der Waals surface area contributed by atoms with Gasteiger partial charge in [-0.25, -0.2) is 0 Å². The van der Waals surface area contributed by atoms with E-state index in [1.165, 1.54) is 0 Å². The van der Waals surface area contributed by atoms with Crippen LogP contribution in [0.3, 0.4) is 0 Å². The minimum Gasteiger partial charge on any atom is -0.0776 e. The Kier molecular flexibility index (Phi) is 32.9. The zero-order valence-corrected chi connectivity index (χ0v) is 19.0. The van der Waals surface area contributed by atoms with Crippen molar-refractivity contribution in [3.05, 3.63) is 0 Å². The fourth-order valence-corrected chi connectivity index (χ4v) is 1.98. The smallest absolute Gasteiger partial charge is 0.0391 e. The van der Waals surface area contributed by atoms with E-state index in [4.69, 9.17) is 0 Å². The second kappa shape index (κ2) is 22.0. The third-order valence-corrected chi connectivity index (χ3v) is 5.04. The summed E-state index contributed by atoms with van der Waals surface area (Å²) in [4.78, 5) is 0. The van der Waals surface area contributed by atoms with E-state index in [9.17, 15) is 0 Å². The predicted molar refractivity (Wildman–Crippen MR) is 116 cm³/mol.